The van der Waals surface area contributed by atoms with E-state index in [1.54, 1.807) is 0 Å². The molecule has 1 saturated carbocycles. The Kier molecular flexibility index (Phi) is 1.27. The summed E-state index contributed by atoms with van der Waals surface area (Å²) in [5, 5.41) is 6.83. The van der Waals surface area contributed by atoms with Gasteiger partial charge in [0.1, 0.15) is 0 Å². The van der Waals surface area contributed by atoms with Gasteiger partial charge < -0.3 is 0 Å². The maximum atomic E-state index is 4.57. The number of piperidine rings is 1. The molecule has 0 amide bonds. The first kappa shape index (κ1) is 7.60. The fourth-order valence-corrected chi connectivity index (χ4v) is 2.82. The molecule has 2 heterocycles. The van der Waals surface area contributed by atoms with Crippen LogP contribution in [0.15, 0.2) is 16.9 Å². The fraction of sp³-hybridized carbons (Fsp3) is 0.727. The summed E-state index contributed by atoms with van der Waals surface area (Å²) in [5.74, 6) is 0.821. The molecule has 0 aromatic carbocycles. The second-order valence-corrected chi connectivity index (χ2v) is 5.14. The normalized spacial score (nSPS) is 39.2. The van der Waals surface area contributed by atoms with Gasteiger partial charge in [-0.1, -0.05) is 19.9 Å². The molecule has 13 heavy (non-hydrogen) atoms. The molecule has 2 atom stereocenters. The van der Waals surface area contributed by atoms with Crippen LogP contribution in [0.1, 0.15) is 33.1 Å². The molecule has 0 N–H and O–H groups in total. The van der Waals surface area contributed by atoms with Crippen LogP contribution in [0.4, 0.5) is 0 Å². The summed E-state index contributed by atoms with van der Waals surface area (Å²) in [4.78, 5) is 0. The van der Waals surface area contributed by atoms with Gasteiger partial charge in [0.2, 0.25) is 0 Å². The van der Waals surface area contributed by atoms with E-state index in [4.69, 9.17) is 0 Å². The zero-order valence-electron chi connectivity index (χ0n) is 8.33. The third-order valence-electron chi connectivity index (χ3n) is 3.47. The van der Waals surface area contributed by atoms with Crippen LogP contribution in [0.5, 0.6) is 0 Å². The topological polar surface area (TPSA) is 15.6 Å². The minimum Gasteiger partial charge on any atom is -0.267 e. The van der Waals surface area contributed by atoms with Crippen LogP contribution in [0.2, 0.25) is 0 Å². The lowest BCUT2D eigenvalue weighted by molar-refractivity contribution is 0.267. The van der Waals surface area contributed by atoms with Gasteiger partial charge in [-0.05, 0) is 19.3 Å². The van der Waals surface area contributed by atoms with E-state index in [1.165, 1.54) is 25.0 Å². The standard InChI is InChI=1S/C11H16N2/c1-11(2)6-10-8-3-4-9(5-8)13(10)12-7-11/h6-9H,3-5H2,1-2H3/t8-,9+/m1/s1. The van der Waals surface area contributed by atoms with Crippen LogP contribution >= 0.6 is 0 Å². The summed E-state index contributed by atoms with van der Waals surface area (Å²) >= 11 is 0. The second kappa shape index (κ2) is 2.17. The zero-order chi connectivity index (χ0) is 9.05. The van der Waals surface area contributed by atoms with Crippen molar-refractivity contribution in [2.75, 3.05) is 0 Å². The van der Waals surface area contributed by atoms with E-state index in [0.29, 0.717) is 0 Å². The number of fused-ring (bicyclic) bond motifs is 5. The molecule has 1 saturated heterocycles. The SMILES string of the molecule is CC1(C)C=NN2C(=C1)[C@@H]1CC[C@H]2C1. The van der Waals surface area contributed by atoms with Crippen molar-refractivity contribution in [2.45, 2.75) is 39.2 Å². The molecule has 1 aliphatic carbocycles. The highest BCUT2D eigenvalue weighted by molar-refractivity contribution is 5.69. The highest BCUT2D eigenvalue weighted by Gasteiger charge is 2.43. The van der Waals surface area contributed by atoms with Crippen molar-refractivity contribution in [1.82, 2.24) is 5.01 Å². The Morgan fingerprint density at radius 2 is 2.31 bits per heavy atom. The predicted molar refractivity (Wildman–Crippen MR) is 53.3 cm³/mol. The van der Waals surface area contributed by atoms with Gasteiger partial charge in [0.25, 0.3) is 0 Å². The molecule has 0 aromatic rings. The van der Waals surface area contributed by atoms with Gasteiger partial charge >= 0.3 is 0 Å². The summed E-state index contributed by atoms with van der Waals surface area (Å²) in [6.45, 7) is 4.46. The summed E-state index contributed by atoms with van der Waals surface area (Å²) in [5.41, 5.74) is 1.68. The molecular weight excluding hydrogens is 160 g/mol. The third kappa shape index (κ3) is 0.976. The van der Waals surface area contributed by atoms with E-state index in [1.807, 2.05) is 0 Å². The summed E-state index contributed by atoms with van der Waals surface area (Å²) in [6.07, 6.45) is 8.57. The Morgan fingerprint density at radius 1 is 1.46 bits per heavy atom. The number of hydrogen-bond donors (Lipinski definition) is 0. The lowest BCUT2D eigenvalue weighted by Gasteiger charge is -2.33. The smallest absolute Gasteiger partial charge is 0.0528 e. The Balaban J connectivity index is 2.01. The molecule has 70 valence electrons. The molecule has 3 aliphatic rings. The average molecular weight is 176 g/mol. The monoisotopic (exact) mass is 176 g/mol. The van der Waals surface area contributed by atoms with Crippen LogP contribution in [-0.2, 0) is 0 Å². The number of rotatable bonds is 0. The van der Waals surface area contributed by atoms with Crippen molar-refractivity contribution >= 4 is 6.21 Å². The van der Waals surface area contributed by atoms with E-state index < -0.39 is 0 Å². The van der Waals surface area contributed by atoms with Crippen LogP contribution < -0.4 is 0 Å². The number of nitrogens with zero attached hydrogens (tertiary/aromatic N) is 2. The highest BCUT2D eigenvalue weighted by atomic mass is 15.5. The van der Waals surface area contributed by atoms with Crippen LogP contribution in [-0.4, -0.2) is 17.3 Å². The van der Waals surface area contributed by atoms with E-state index in [-0.39, 0.29) is 5.41 Å². The second-order valence-electron chi connectivity index (χ2n) is 5.14. The van der Waals surface area contributed by atoms with Crippen LogP contribution in [0.3, 0.4) is 0 Å². The van der Waals surface area contributed by atoms with E-state index in [2.05, 4.69) is 36.2 Å². The van der Waals surface area contributed by atoms with E-state index in [9.17, 15) is 0 Å². The Hall–Kier alpha value is -0.790. The molecule has 0 unspecified atom stereocenters. The minimum absolute atomic E-state index is 0.177. The van der Waals surface area contributed by atoms with Gasteiger partial charge in [-0.2, -0.15) is 5.10 Å². The number of hydrazone groups is 1. The van der Waals surface area contributed by atoms with Crippen molar-refractivity contribution in [2.24, 2.45) is 16.4 Å². The van der Waals surface area contributed by atoms with Crippen molar-refractivity contribution in [3.63, 3.8) is 0 Å². The molecule has 2 bridgehead atoms. The van der Waals surface area contributed by atoms with Gasteiger partial charge in [0, 0.05) is 23.2 Å². The van der Waals surface area contributed by atoms with Gasteiger partial charge in [0.05, 0.1) is 6.04 Å². The van der Waals surface area contributed by atoms with Crippen molar-refractivity contribution in [3.8, 4) is 0 Å². The lowest BCUT2D eigenvalue weighted by Crippen LogP contribution is -2.31. The Morgan fingerprint density at radius 3 is 3.15 bits per heavy atom. The van der Waals surface area contributed by atoms with Crippen LogP contribution in [0, 0.1) is 11.3 Å². The minimum atomic E-state index is 0.177. The van der Waals surface area contributed by atoms with Gasteiger partial charge in [0.15, 0.2) is 0 Å². The first-order valence-corrected chi connectivity index (χ1v) is 5.23. The molecular formula is C11H16N2. The number of allylic oxidation sites excluding steroid dienone is 2. The van der Waals surface area contributed by atoms with Crippen molar-refractivity contribution in [3.05, 3.63) is 11.8 Å². The maximum absolute atomic E-state index is 4.57. The molecule has 0 spiro atoms. The largest absolute Gasteiger partial charge is 0.267 e. The fourth-order valence-electron chi connectivity index (χ4n) is 2.82. The lowest BCUT2D eigenvalue weighted by atomic mass is 9.89. The quantitative estimate of drug-likeness (QED) is 0.553. The highest BCUT2D eigenvalue weighted by Crippen LogP contribution is 2.47. The maximum Gasteiger partial charge on any atom is 0.0528 e. The zero-order valence-corrected chi connectivity index (χ0v) is 8.33. The van der Waals surface area contributed by atoms with Gasteiger partial charge in [-0.15, -0.1) is 0 Å². The first-order chi connectivity index (χ1) is 6.16. The molecule has 2 nitrogen and oxygen atoms in total. The Labute approximate surface area is 79.3 Å². The molecule has 0 radical (unpaired) electrons. The summed E-state index contributed by atoms with van der Waals surface area (Å²) in [7, 11) is 0. The molecule has 3 rings (SSSR count). The summed E-state index contributed by atoms with van der Waals surface area (Å²) in [6, 6.07) is 0.726. The molecule has 0 aromatic heterocycles. The van der Waals surface area contributed by atoms with Crippen molar-refractivity contribution < 1.29 is 0 Å². The van der Waals surface area contributed by atoms with Crippen molar-refractivity contribution in [1.29, 1.82) is 0 Å². The van der Waals surface area contributed by atoms with Gasteiger partial charge in [-0.25, -0.2) is 0 Å². The Bertz CT molecular complexity index is 301. The first-order valence-electron chi connectivity index (χ1n) is 5.23. The number of hydrogen-bond acceptors (Lipinski definition) is 2. The predicted octanol–water partition coefficient (Wildman–Crippen LogP) is 2.38. The average Bonchev–Trinajstić information content (AvgIpc) is 2.61. The molecule has 2 heteroatoms. The van der Waals surface area contributed by atoms with Crippen LogP contribution in [0.25, 0.3) is 0 Å². The van der Waals surface area contributed by atoms with E-state index >= 15 is 0 Å². The summed E-state index contributed by atoms with van der Waals surface area (Å²) < 4.78 is 0. The molecule has 2 fully saturated rings. The molecule has 2 aliphatic heterocycles. The third-order valence-corrected chi connectivity index (χ3v) is 3.47. The van der Waals surface area contributed by atoms with Gasteiger partial charge in [-0.3, -0.25) is 5.01 Å². The van der Waals surface area contributed by atoms with E-state index in [0.717, 1.165) is 12.0 Å².